The molecule has 0 aliphatic rings. The summed E-state index contributed by atoms with van der Waals surface area (Å²) in [4.78, 5) is 15.8. The molecular formula is C18H17F3N6O. The van der Waals surface area contributed by atoms with Crippen LogP contribution in [0.1, 0.15) is 21.6 Å². The lowest BCUT2D eigenvalue weighted by molar-refractivity contribution is -0.137. The van der Waals surface area contributed by atoms with E-state index in [4.69, 9.17) is 0 Å². The molecule has 3 aromatic rings. The van der Waals surface area contributed by atoms with E-state index in [0.717, 1.165) is 23.5 Å². The lowest BCUT2D eigenvalue weighted by Crippen LogP contribution is -2.29. The van der Waals surface area contributed by atoms with E-state index in [0.29, 0.717) is 0 Å². The van der Waals surface area contributed by atoms with Crippen molar-refractivity contribution in [2.75, 3.05) is 18.4 Å². The summed E-state index contributed by atoms with van der Waals surface area (Å²) in [6, 6.07) is 9.77. The van der Waals surface area contributed by atoms with E-state index >= 15 is 0 Å². The maximum Gasteiger partial charge on any atom is 0.417 e. The number of anilines is 1. The molecule has 0 aliphatic carbocycles. The third kappa shape index (κ3) is 4.84. The van der Waals surface area contributed by atoms with Crippen LogP contribution in [0.4, 0.5) is 19.0 Å². The van der Waals surface area contributed by atoms with Crippen molar-refractivity contribution in [1.29, 1.82) is 0 Å². The Morgan fingerprint density at radius 1 is 1.11 bits per heavy atom. The SMILES string of the molecule is Cc1ccc(-n2cc(C(=O)NCCNc3ccc(C(F)(F)F)cn3)nn2)cc1. The fraction of sp³-hybridized carbons (Fsp3) is 0.222. The van der Waals surface area contributed by atoms with Crippen molar-refractivity contribution in [3.63, 3.8) is 0 Å². The molecule has 28 heavy (non-hydrogen) atoms. The molecule has 0 radical (unpaired) electrons. The van der Waals surface area contributed by atoms with Crippen molar-refractivity contribution < 1.29 is 18.0 Å². The fourth-order valence-corrected chi connectivity index (χ4v) is 2.31. The quantitative estimate of drug-likeness (QED) is 0.633. The standard InChI is InChI=1S/C18H17F3N6O/c1-12-2-5-14(6-3-12)27-11-15(25-26-27)17(28)23-9-8-22-16-7-4-13(10-24-16)18(19,20)21/h2-7,10-11H,8-9H2,1H3,(H,22,24)(H,23,28). The van der Waals surface area contributed by atoms with E-state index in [2.05, 4.69) is 25.9 Å². The van der Waals surface area contributed by atoms with Gasteiger partial charge in [-0.25, -0.2) is 9.67 Å². The van der Waals surface area contributed by atoms with Crippen LogP contribution in [0, 0.1) is 6.92 Å². The number of nitrogens with zero attached hydrogens (tertiary/aromatic N) is 4. The minimum atomic E-state index is -4.42. The zero-order valence-corrected chi connectivity index (χ0v) is 14.9. The second-order valence-corrected chi connectivity index (χ2v) is 6.00. The molecule has 1 amide bonds. The van der Waals surface area contributed by atoms with Crippen LogP contribution in [-0.2, 0) is 6.18 Å². The van der Waals surface area contributed by atoms with Gasteiger partial charge in [-0.3, -0.25) is 4.79 Å². The van der Waals surface area contributed by atoms with Crippen LogP contribution in [0.2, 0.25) is 0 Å². The number of carbonyl (C=O) groups is 1. The molecule has 0 spiro atoms. The Kier molecular flexibility index (Phi) is 5.57. The highest BCUT2D eigenvalue weighted by Crippen LogP contribution is 2.28. The number of pyridine rings is 1. The van der Waals surface area contributed by atoms with Crippen LogP contribution < -0.4 is 10.6 Å². The first-order chi connectivity index (χ1) is 13.3. The van der Waals surface area contributed by atoms with E-state index in [1.54, 1.807) is 0 Å². The Hall–Kier alpha value is -3.43. The smallest absolute Gasteiger partial charge is 0.368 e. The minimum absolute atomic E-state index is 0.160. The topological polar surface area (TPSA) is 84.7 Å². The normalized spacial score (nSPS) is 11.3. The highest BCUT2D eigenvalue weighted by atomic mass is 19.4. The summed E-state index contributed by atoms with van der Waals surface area (Å²) in [5, 5.41) is 13.3. The molecule has 7 nitrogen and oxygen atoms in total. The summed E-state index contributed by atoms with van der Waals surface area (Å²) in [7, 11) is 0. The largest absolute Gasteiger partial charge is 0.417 e. The Labute approximate surface area is 158 Å². The van der Waals surface area contributed by atoms with E-state index in [1.807, 2.05) is 31.2 Å². The van der Waals surface area contributed by atoms with Gasteiger partial charge >= 0.3 is 6.18 Å². The predicted molar refractivity (Wildman–Crippen MR) is 96.2 cm³/mol. The molecule has 0 atom stereocenters. The molecule has 0 saturated carbocycles. The number of rotatable bonds is 6. The van der Waals surface area contributed by atoms with E-state index in [1.165, 1.54) is 16.9 Å². The van der Waals surface area contributed by atoms with Crippen LogP contribution in [-0.4, -0.2) is 39.0 Å². The van der Waals surface area contributed by atoms with Gasteiger partial charge in [0.25, 0.3) is 5.91 Å². The van der Waals surface area contributed by atoms with Gasteiger partial charge in [-0.15, -0.1) is 5.10 Å². The van der Waals surface area contributed by atoms with Crippen molar-refractivity contribution in [3.8, 4) is 5.69 Å². The number of aryl methyl sites for hydroxylation is 1. The fourth-order valence-electron chi connectivity index (χ4n) is 2.31. The first-order valence-electron chi connectivity index (χ1n) is 8.37. The number of halogens is 3. The van der Waals surface area contributed by atoms with Crippen LogP contribution in [0.3, 0.4) is 0 Å². The molecule has 10 heteroatoms. The molecule has 2 N–H and O–H groups in total. The molecule has 0 bridgehead atoms. The number of nitrogens with one attached hydrogen (secondary N) is 2. The maximum absolute atomic E-state index is 12.5. The molecule has 0 aliphatic heterocycles. The Bertz CT molecular complexity index is 935. The summed E-state index contributed by atoms with van der Waals surface area (Å²) in [5.74, 6) is -0.117. The van der Waals surface area contributed by atoms with Crippen molar-refractivity contribution in [3.05, 3.63) is 65.6 Å². The summed E-state index contributed by atoms with van der Waals surface area (Å²) < 4.78 is 38.9. The maximum atomic E-state index is 12.5. The Morgan fingerprint density at radius 2 is 1.86 bits per heavy atom. The number of hydrogen-bond acceptors (Lipinski definition) is 5. The van der Waals surface area contributed by atoms with Crippen LogP contribution >= 0.6 is 0 Å². The van der Waals surface area contributed by atoms with Crippen molar-refractivity contribution in [1.82, 2.24) is 25.3 Å². The molecule has 0 saturated heterocycles. The summed E-state index contributed by atoms with van der Waals surface area (Å²) in [5.41, 5.74) is 1.24. The van der Waals surface area contributed by atoms with Crippen LogP contribution in [0.25, 0.3) is 5.69 Å². The number of benzene rings is 1. The molecule has 2 heterocycles. The van der Waals surface area contributed by atoms with Gasteiger partial charge in [0.2, 0.25) is 0 Å². The Balaban J connectivity index is 1.48. The first kappa shape index (κ1) is 19.3. The molecule has 0 unspecified atom stereocenters. The van der Waals surface area contributed by atoms with Gasteiger partial charge in [-0.2, -0.15) is 13.2 Å². The molecule has 1 aromatic carbocycles. The van der Waals surface area contributed by atoms with Gasteiger partial charge in [-0.1, -0.05) is 22.9 Å². The molecule has 3 rings (SSSR count). The Morgan fingerprint density at radius 3 is 2.50 bits per heavy atom. The zero-order chi connectivity index (χ0) is 20.1. The highest BCUT2D eigenvalue weighted by molar-refractivity contribution is 5.91. The van der Waals surface area contributed by atoms with E-state index < -0.39 is 17.6 Å². The average Bonchev–Trinajstić information content (AvgIpc) is 3.15. The molecular weight excluding hydrogens is 373 g/mol. The van der Waals surface area contributed by atoms with Crippen molar-refractivity contribution in [2.24, 2.45) is 0 Å². The number of aromatic nitrogens is 4. The van der Waals surface area contributed by atoms with Gasteiger partial charge in [-0.05, 0) is 31.2 Å². The van der Waals surface area contributed by atoms with Crippen molar-refractivity contribution >= 4 is 11.7 Å². The van der Waals surface area contributed by atoms with Crippen LogP contribution in [0.5, 0.6) is 0 Å². The lowest BCUT2D eigenvalue weighted by atomic mass is 10.2. The summed E-state index contributed by atoms with van der Waals surface area (Å²) in [6.07, 6.45) is -2.15. The summed E-state index contributed by atoms with van der Waals surface area (Å²) in [6.45, 7) is 2.49. The molecule has 146 valence electrons. The first-order valence-corrected chi connectivity index (χ1v) is 8.37. The second-order valence-electron chi connectivity index (χ2n) is 6.00. The van der Waals surface area contributed by atoms with Crippen LogP contribution in [0.15, 0.2) is 48.8 Å². The van der Waals surface area contributed by atoms with Crippen molar-refractivity contribution in [2.45, 2.75) is 13.1 Å². The molecule has 2 aromatic heterocycles. The van der Waals surface area contributed by atoms with E-state index in [9.17, 15) is 18.0 Å². The second kappa shape index (κ2) is 8.07. The number of alkyl halides is 3. The predicted octanol–water partition coefficient (Wildman–Crippen LogP) is 2.83. The number of amides is 1. The molecule has 0 fully saturated rings. The van der Waals surface area contributed by atoms with E-state index in [-0.39, 0.29) is 24.6 Å². The number of carbonyl (C=O) groups excluding carboxylic acids is 1. The van der Waals surface area contributed by atoms with Gasteiger partial charge in [0.1, 0.15) is 5.82 Å². The number of hydrogen-bond donors (Lipinski definition) is 2. The zero-order valence-electron chi connectivity index (χ0n) is 14.9. The lowest BCUT2D eigenvalue weighted by Gasteiger charge is -2.09. The third-order valence-electron chi connectivity index (χ3n) is 3.83. The monoisotopic (exact) mass is 390 g/mol. The highest BCUT2D eigenvalue weighted by Gasteiger charge is 2.30. The van der Waals surface area contributed by atoms with Gasteiger partial charge < -0.3 is 10.6 Å². The van der Waals surface area contributed by atoms with Gasteiger partial charge in [0.15, 0.2) is 5.69 Å². The van der Waals surface area contributed by atoms with Gasteiger partial charge in [0.05, 0.1) is 17.4 Å². The summed E-state index contributed by atoms with van der Waals surface area (Å²) >= 11 is 0. The minimum Gasteiger partial charge on any atom is -0.368 e. The average molecular weight is 390 g/mol. The third-order valence-corrected chi connectivity index (χ3v) is 3.83. The van der Waals surface area contributed by atoms with Gasteiger partial charge in [0, 0.05) is 19.3 Å².